The molecular weight excluding hydrogens is 274 g/mol. The van der Waals surface area contributed by atoms with Gasteiger partial charge in [-0.2, -0.15) is 3.97 Å². The van der Waals surface area contributed by atoms with E-state index in [-0.39, 0.29) is 17.2 Å². The third-order valence-electron chi connectivity index (χ3n) is 2.68. The van der Waals surface area contributed by atoms with Crippen LogP contribution in [-0.4, -0.2) is 38.0 Å². The third-order valence-corrected chi connectivity index (χ3v) is 3.69. The summed E-state index contributed by atoms with van der Waals surface area (Å²) in [6.45, 7) is 1.06. The number of rotatable bonds is 4. The fourth-order valence-electron chi connectivity index (χ4n) is 1.73. The zero-order chi connectivity index (χ0) is 13.6. The predicted octanol–water partition coefficient (Wildman–Crippen LogP) is 0.180. The Morgan fingerprint density at radius 2 is 2.21 bits per heavy atom. The van der Waals surface area contributed by atoms with Gasteiger partial charge >= 0.3 is 5.76 Å². The van der Waals surface area contributed by atoms with E-state index in [0.29, 0.717) is 22.9 Å². The Balaban J connectivity index is 2.07. The molecule has 1 aromatic carbocycles. The summed E-state index contributed by atoms with van der Waals surface area (Å²) in [5, 5.41) is 0. The number of nitrogens with zero attached hydrogens (tertiary/aromatic N) is 1. The molecule has 7 nitrogen and oxygen atoms in total. The van der Waals surface area contributed by atoms with Gasteiger partial charge in [0, 0.05) is 6.07 Å². The minimum Gasteiger partial charge on any atom is -0.491 e. The van der Waals surface area contributed by atoms with Crippen molar-refractivity contribution in [3.8, 4) is 5.75 Å². The first-order valence-corrected chi connectivity index (χ1v) is 7.40. The Morgan fingerprint density at radius 1 is 1.47 bits per heavy atom. The van der Waals surface area contributed by atoms with Crippen LogP contribution in [0.15, 0.2) is 27.4 Å². The minimum atomic E-state index is -3.72. The molecule has 0 spiro atoms. The average molecular weight is 285 g/mol. The van der Waals surface area contributed by atoms with Gasteiger partial charge < -0.3 is 13.9 Å². The second-order valence-corrected chi connectivity index (χ2v) is 6.12. The molecule has 0 aliphatic carbocycles. The van der Waals surface area contributed by atoms with Crippen molar-refractivity contribution in [3.05, 3.63) is 28.7 Å². The highest BCUT2D eigenvalue weighted by molar-refractivity contribution is 7.89. The fourth-order valence-corrected chi connectivity index (χ4v) is 2.54. The lowest BCUT2D eigenvalue weighted by Crippen LogP contribution is -2.21. The first-order valence-electron chi connectivity index (χ1n) is 5.56. The number of hydrogen-bond donors (Lipinski definition) is 0. The first-order chi connectivity index (χ1) is 8.95. The summed E-state index contributed by atoms with van der Waals surface area (Å²) in [7, 11) is -3.72. The molecule has 1 aliphatic heterocycles. The molecule has 0 radical (unpaired) electrons. The molecule has 8 heteroatoms. The van der Waals surface area contributed by atoms with Crippen LogP contribution in [-0.2, 0) is 14.8 Å². The fraction of sp³-hybridized carbons (Fsp3) is 0.364. The summed E-state index contributed by atoms with van der Waals surface area (Å²) in [5.41, 5.74) is 0.368. The van der Waals surface area contributed by atoms with Crippen LogP contribution in [0.25, 0.3) is 11.1 Å². The predicted molar refractivity (Wildman–Crippen MR) is 66.0 cm³/mol. The van der Waals surface area contributed by atoms with Crippen LogP contribution in [0.4, 0.5) is 0 Å². The van der Waals surface area contributed by atoms with E-state index in [9.17, 15) is 13.2 Å². The van der Waals surface area contributed by atoms with Crippen LogP contribution in [0.1, 0.15) is 0 Å². The molecule has 2 aromatic rings. The molecule has 1 fully saturated rings. The van der Waals surface area contributed by atoms with Gasteiger partial charge in [-0.25, -0.2) is 13.2 Å². The van der Waals surface area contributed by atoms with E-state index in [0.717, 1.165) is 6.26 Å². The molecule has 0 bridgehead atoms. The SMILES string of the molecule is CS(=O)(=O)n1c(=O)oc2ccc(OC[C@@H]3CO3)cc21. The number of fused-ring (bicyclic) bond motifs is 1. The Kier molecular flexibility index (Phi) is 2.64. The summed E-state index contributed by atoms with van der Waals surface area (Å²) in [5.74, 6) is -0.471. The molecule has 0 saturated carbocycles. The van der Waals surface area contributed by atoms with E-state index >= 15 is 0 Å². The van der Waals surface area contributed by atoms with Crippen molar-refractivity contribution < 1.29 is 22.3 Å². The summed E-state index contributed by atoms with van der Waals surface area (Å²) in [6.07, 6.45) is 1.03. The topological polar surface area (TPSA) is 91.0 Å². The van der Waals surface area contributed by atoms with Gasteiger partial charge in [-0.15, -0.1) is 0 Å². The second-order valence-electron chi connectivity index (χ2n) is 4.29. The molecule has 19 heavy (non-hydrogen) atoms. The molecule has 0 unspecified atom stereocenters. The van der Waals surface area contributed by atoms with Gasteiger partial charge in [0.15, 0.2) is 5.58 Å². The van der Waals surface area contributed by atoms with Gasteiger partial charge in [0.05, 0.1) is 12.9 Å². The lowest BCUT2D eigenvalue weighted by molar-refractivity contribution is 0.263. The van der Waals surface area contributed by atoms with Crippen LogP contribution >= 0.6 is 0 Å². The first kappa shape index (κ1) is 12.2. The van der Waals surface area contributed by atoms with Crippen molar-refractivity contribution in [3.63, 3.8) is 0 Å². The summed E-state index contributed by atoms with van der Waals surface area (Å²) < 4.78 is 39.0. The van der Waals surface area contributed by atoms with Crippen molar-refractivity contribution in [2.45, 2.75) is 6.10 Å². The molecule has 3 rings (SSSR count). The third kappa shape index (κ3) is 2.36. The molecule has 1 saturated heterocycles. The van der Waals surface area contributed by atoms with Gasteiger partial charge in [-0.1, -0.05) is 0 Å². The van der Waals surface area contributed by atoms with Gasteiger partial charge in [0.25, 0.3) is 0 Å². The maximum Gasteiger partial charge on any atom is 0.434 e. The number of benzene rings is 1. The molecule has 0 N–H and O–H groups in total. The van der Waals surface area contributed by atoms with Crippen molar-refractivity contribution in [1.82, 2.24) is 3.97 Å². The maximum atomic E-state index is 11.6. The quantitative estimate of drug-likeness (QED) is 0.744. The number of oxazole rings is 1. The van der Waals surface area contributed by atoms with E-state index in [2.05, 4.69) is 0 Å². The number of ether oxygens (including phenoxy) is 2. The number of hydrogen-bond acceptors (Lipinski definition) is 6. The normalized spacial score (nSPS) is 18.7. The Bertz CT molecular complexity index is 783. The van der Waals surface area contributed by atoms with Crippen molar-refractivity contribution in [2.75, 3.05) is 19.5 Å². The lowest BCUT2D eigenvalue weighted by Gasteiger charge is -2.04. The maximum absolute atomic E-state index is 11.6. The highest BCUT2D eigenvalue weighted by Crippen LogP contribution is 2.22. The minimum absolute atomic E-state index is 0.0946. The summed E-state index contributed by atoms with van der Waals surface area (Å²) in [4.78, 5) is 11.5. The molecule has 0 amide bonds. The molecule has 102 valence electrons. The smallest absolute Gasteiger partial charge is 0.434 e. The van der Waals surface area contributed by atoms with E-state index in [4.69, 9.17) is 13.9 Å². The summed E-state index contributed by atoms with van der Waals surface area (Å²) >= 11 is 0. The zero-order valence-electron chi connectivity index (χ0n) is 10.0. The monoisotopic (exact) mass is 285 g/mol. The second kappa shape index (κ2) is 4.10. The Hall–Kier alpha value is -1.80. The van der Waals surface area contributed by atoms with Crippen LogP contribution in [0.2, 0.25) is 0 Å². The standard InChI is InChI=1S/C11H11NO6S/c1-19(14,15)12-9-4-7(16-5-8-6-17-8)2-3-10(9)18-11(12)13/h2-4,8H,5-6H2,1H3/t8-/m1/s1. The van der Waals surface area contributed by atoms with E-state index < -0.39 is 15.8 Å². The van der Waals surface area contributed by atoms with Gasteiger partial charge in [-0.05, 0) is 12.1 Å². The lowest BCUT2D eigenvalue weighted by atomic mass is 10.3. The van der Waals surface area contributed by atoms with Crippen LogP contribution < -0.4 is 10.5 Å². The number of aromatic nitrogens is 1. The van der Waals surface area contributed by atoms with Crippen molar-refractivity contribution in [2.24, 2.45) is 0 Å². The highest BCUT2D eigenvalue weighted by Gasteiger charge is 2.23. The zero-order valence-corrected chi connectivity index (χ0v) is 10.8. The molecule has 1 aliphatic rings. The van der Waals surface area contributed by atoms with Crippen molar-refractivity contribution in [1.29, 1.82) is 0 Å². The van der Waals surface area contributed by atoms with Crippen LogP contribution in [0.3, 0.4) is 0 Å². The van der Waals surface area contributed by atoms with Gasteiger partial charge in [0.1, 0.15) is 24.0 Å². The molecule has 2 heterocycles. The molecule has 1 atom stereocenters. The largest absolute Gasteiger partial charge is 0.491 e. The van der Waals surface area contributed by atoms with Crippen molar-refractivity contribution >= 4 is 21.1 Å². The number of epoxide rings is 1. The Labute approximate surface area is 108 Å². The van der Waals surface area contributed by atoms with E-state index in [1.54, 1.807) is 6.07 Å². The van der Waals surface area contributed by atoms with Gasteiger partial charge in [0.2, 0.25) is 10.0 Å². The Morgan fingerprint density at radius 3 is 2.84 bits per heavy atom. The average Bonchev–Trinajstić information content (AvgIpc) is 3.06. The van der Waals surface area contributed by atoms with E-state index in [1.165, 1.54) is 12.1 Å². The molecular formula is C11H11NO6S. The van der Waals surface area contributed by atoms with E-state index in [1.807, 2.05) is 0 Å². The van der Waals surface area contributed by atoms with Gasteiger partial charge in [-0.3, -0.25) is 0 Å². The summed E-state index contributed by atoms with van der Waals surface area (Å²) in [6, 6.07) is 4.57. The van der Waals surface area contributed by atoms with Crippen LogP contribution in [0, 0.1) is 0 Å². The molecule has 1 aromatic heterocycles. The highest BCUT2D eigenvalue weighted by atomic mass is 32.2. The van der Waals surface area contributed by atoms with Crippen LogP contribution in [0.5, 0.6) is 5.75 Å².